The lowest BCUT2D eigenvalue weighted by Crippen LogP contribution is -2.52. The Morgan fingerprint density at radius 2 is 2.15 bits per heavy atom. The first kappa shape index (κ1) is 9.00. The van der Waals surface area contributed by atoms with E-state index in [2.05, 4.69) is 17.1 Å². The number of carbonyl (C=O) groups excluding carboxylic acids is 1. The van der Waals surface area contributed by atoms with Crippen LogP contribution in [0.2, 0.25) is 0 Å². The number of rotatable bonds is 4. The van der Waals surface area contributed by atoms with Crippen LogP contribution < -0.4 is 5.32 Å². The van der Waals surface area contributed by atoms with E-state index in [1.54, 1.807) is 0 Å². The SMILES string of the molecule is CCCN(C(=O)C1CNC1)C1CC1. The summed E-state index contributed by atoms with van der Waals surface area (Å²) in [5.41, 5.74) is 0. The quantitative estimate of drug-likeness (QED) is 0.691. The summed E-state index contributed by atoms with van der Waals surface area (Å²) in [4.78, 5) is 14.0. The molecule has 3 heteroatoms. The molecule has 1 saturated heterocycles. The van der Waals surface area contributed by atoms with Crippen molar-refractivity contribution < 1.29 is 4.79 Å². The topological polar surface area (TPSA) is 32.3 Å². The van der Waals surface area contributed by atoms with E-state index in [-0.39, 0.29) is 5.92 Å². The zero-order chi connectivity index (χ0) is 9.26. The van der Waals surface area contributed by atoms with E-state index in [1.165, 1.54) is 12.8 Å². The molecule has 1 aliphatic carbocycles. The van der Waals surface area contributed by atoms with Crippen LogP contribution in [0.3, 0.4) is 0 Å². The maximum Gasteiger partial charge on any atom is 0.228 e. The van der Waals surface area contributed by atoms with Crippen LogP contribution >= 0.6 is 0 Å². The average Bonchev–Trinajstić information content (AvgIpc) is 2.79. The second-order valence-electron chi connectivity index (χ2n) is 4.12. The average molecular weight is 182 g/mol. The van der Waals surface area contributed by atoms with E-state index >= 15 is 0 Å². The molecular weight excluding hydrogens is 164 g/mol. The standard InChI is InChI=1S/C10H18N2O/c1-2-5-12(9-3-4-9)10(13)8-6-11-7-8/h8-9,11H,2-7H2,1H3. The van der Waals surface area contributed by atoms with E-state index in [1.807, 2.05) is 0 Å². The molecule has 0 aromatic carbocycles. The number of nitrogens with one attached hydrogen (secondary N) is 1. The van der Waals surface area contributed by atoms with Gasteiger partial charge in [0.1, 0.15) is 0 Å². The summed E-state index contributed by atoms with van der Waals surface area (Å²) in [6.45, 7) is 4.89. The van der Waals surface area contributed by atoms with Gasteiger partial charge in [-0.2, -0.15) is 0 Å². The zero-order valence-electron chi connectivity index (χ0n) is 8.25. The van der Waals surface area contributed by atoms with Gasteiger partial charge in [0.2, 0.25) is 5.91 Å². The van der Waals surface area contributed by atoms with Crippen LogP contribution in [0.15, 0.2) is 0 Å². The third-order valence-electron chi connectivity index (χ3n) is 2.87. The highest BCUT2D eigenvalue weighted by Gasteiger charge is 2.36. The van der Waals surface area contributed by atoms with Crippen LogP contribution in [0.25, 0.3) is 0 Å². The lowest BCUT2D eigenvalue weighted by molar-refractivity contribution is -0.137. The fourth-order valence-corrected chi connectivity index (χ4v) is 1.80. The van der Waals surface area contributed by atoms with Crippen LogP contribution in [-0.2, 0) is 4.79 Å². The fourth-order valence-electron chi connectivity index (χ4n) is 1.80. The molecule has 13 heavy (non-hydrogen) atoms. The van der Waals surface area contributed by atoms with Crippen molar-refractivity contribution in [3.63, 3.8) is 0 Å². The minimum Gasteiger partial charge on any atom is -0.339 e. The summed E-state index contributed by atoms with van der Waals surface area (Å²) in [6.07, 6.45) is 3.54. The normalized spacial score (nSPS) is 22.5. The Bertz CT molecular complexity index is 197. The van der Waals surface area contributed by atoms with Gasteiger partial charge < -0.3 is 10.2 Å². The van der Waals surface area contributed by atoms with Gasteiger partial charge in [0.25, 0.3) is 0 Å². The summed E-state index contributed by atoms with van der Waals surface area (Å²) in [6, 6.07) is 0.591. The van der Waals surface area contributed by atoms with E-state index in [9.17, 15) is 4.79 Å². The van der Waals surface area contributed by atoms with Gasteiger partial charge in [-0.1, -0.05) is 6.92 Å². The van der Waals surface area contributed by atoms with Gasteiger partial charge in [-0.3, -0.25) is 4.79 Å². The van der Waals surface area contributed by atoms with Crippen molar-refractivity contribution >= 4 is 5.91 Å². The molecule has 0 aromatic heterocycles. The number of carbonyl (C=O) groups is 1. The molecule has 2 aliphatic rings. The highest BCUT2D eigenvalue weighted by atomic mass is 16.2. The largest absolute Gasteiger partial charge is 0.339 e. The van der Waals surface area contributed by atoms with Gasteiger partial charge in [-0.05, 0) is 19.3 Å². The molecule has 1 amide bonds. The molecule has 74 valence electrons. The van der Waals surface area contributed by atoms with Crippen molar-refractivity contribution in [2.75, 3.05) is 19.6 Å². The molecule has 0 atom stereocenters. The minimum atomic E-state index is 0.284. The highest BCUT2D eigenvalue weighted by molar-refractivity contribution is 5.80. The second-order valence-corrected chi connectivity index (χ2v) is 4.12. The number of hydrogen-bond donors (Lipinski definition) is 1. The summed E-state index contributed by atoms with van der Waals surface area (Å²) >= 11 is 0. The molecular formula is C10H18N2O. The number of nitrogens with zero attached hydrogens (tertiary/aromatic N) is 1. The third-order valence-corrected chi connectivity index (χ3v) is 2.87. The number of hydrogen-bond acceptors (Lipinski definition) is 2. The van der Waals surface area contributed by atoms with E-state index in [0.29, 0.717) is 11.9 Å². The summed E-state index contributed by atoms with van der Waals surface area (Å²) in [5, 5.41) is 3.15. The Kier molecular flexibility index (Phi) is 2.54. The molecule has 1 aliphatic heterocycles. The molecule has 2 rings (SSSR count). The van der Waals surface area contributed by atoms with Crippen molar-refractivity contribution in [1.29, 1.82) is 0 Å². The highest BCUT2D eigenvalue weighted by Crippen LogP contribution is 2.28. The fraction of sp³-hybridized carbons (Fsp3) is 0.900. The van der Waals surface area contributed by atoms with Crippen LogP contribution in [0, 0.1) is 5.92 Å². The molecule has 1 heterocycles. The van der Waals surface area contributed by atoms with Crippen molar-refractivity contribution in [2.24, 2.45) is 5.92 Å². The number of amides is 1. The van der Waals surface area contributed by atoms with Crippen molar-refractivity contribution in [1.82, 2.24) is 10.2 Å². The molecule has 0 spiro atoms. The van der Waals surface area contributed by atoms with Gasteiger partial charge in [-0.25, -0.2) is 0 Å². The smallest absolute Gasteiger partial charge is 0.228 e. The first-order valence-corrected chi connectivity index (χ1v) is 5.34. The van der Waals surface area contributed by atoms with Crippen LogP contribution in [0.1, 0.15) is 26.2 Å². The summed E-state index contributed by atoms with van der Waals surface area (Å²) < 4.78 is 0. The minimum absolute atomic E-state index is 0.284. The Balaban J connectivity index is 1.88. The first-order chi connectivity index (χ1) is 6.33. The maximum absolute atomic E-state index is 11.9. The van der Waals surface area contributed by atoms with E-state index in [4.69, 9.17) is 0 Å². The second kappa shape index (κ2) is 3.66. The Morgan fingerprint density at radius 1 is 1.46 bits per heavy atom. The maximum atomic E-state index is 11.9. The Labute approximate surface area is 79.5 Å². The zero-order valence-corrected chi connectivity index (χ0v) is 8.25. The Morgan fingerprint density at radius 3 is 2.54 bits per heavy atom. The molecule has 0 bridgehead atoms. The van der Waals surface area contributed by atoms with Crippen molar-refractivity contribution in [3.05, 3.63) is 0 Å². The van der Waals surface area contributed by atoms with E-state index in [0.717, 1.165) is 26.1 Å². The predicted molar refractivity (Wildman–Crippen MR) is 51.4 cm³/mol. The summed E-state index contributed by atoms with van der Waals surface area (Å²) in [7, 11) is 0. The lowest BCUT2D eigenvalue weighted by Gasteiger charge is -2.32. The van der Waals surface area contributed by atoms with Crippen LogP contribution in [0.5, 0.6) is 0 Å². The van der Waals surface area contributed by atoms with Gasteiger partial charge in [0.15, 0.2) is 0 Å². The van der Waals surface area contributed by atoms with Crippen LogP contribution in [-0.4, -0.2) is 36.5 Å². The Hall–Kier alpha value is -0.570. The monoisotopic (exact) mass is 182 g/mol. The molecule has 3 nitrogen and oxygen atoms in total. The van der Waals surface area contributed by atoms with Gasteiger partial charge in [0.05, 0.1) is 5.92 Å². The van der Waals surface area contributed by atoms with Crippen molar-refractivity contribution in [2.45, 2.75) is 32.2 Å². The molecule has 1 N–H and O–H groups in total. The predicted octanol–water partition coefficient (Wildman–Crippen LogP) is 0.607. The first-order valence-electron chi connectivity index (χ1n) is 5.34. The lowest BCUT2D eigenvalue weighted by atomic mass is 10.0. The van der Waals surface area contributed by atoms with E-state index < -0.39 is 0 Å². The van der Waals surface area contributed by atoms with Gasteiger partial charge in [0, 0.05) is 25.7 Å². The molecule has 0 radical (unpaired) electrons. The molecule has 0 unspecified atom stereocenters. The molecule has 2 fully saturated rings. The molecule has 0 aromatic rings. The van der Waals surface area contributed by atoms with Gasteiger partial charge >= 0.3 is 0 Å². The summed E-state index contributed by atoms with van der Waals surface area (Å²) in [5.74, 6) is 0.676. The third kappa shape index (κ3) is 1.85. The van der Waals surface area contributed by atoms with Crippen LogP contribution in [0.4, 0.5) is 0 Å². The van der Waals surface area contributed by atoms with Gasteiger partial charge in [-0.15, -0.1) is 0 Å². The molecule has 1 saturated carbocycles. The van der Waals surface area contributed by atoms with Crippen molar-refractivity contribution in [3.8, 4) is 0 Å².